The number of amides is 1. The largest absolute Gasteiger partial charge is 0.489 e. The van der Waals surface area contributed by atoms with E-state index >= 15 is 0 Å². The zero-order valence-electron chi connectivity index (χ0n) is 15.9. The maximum absolute atomic E-state index is 12.4. The van der Waals surface area contributed by atoms with Crippen LogP contribution >= 0.6 is 23.2 Å². The number of hydrogen-bond donors (Lipinski definition) is 1. The predicted molar refractivity (Wildman–Crippen MR) is 109 cm³/mol. The Kier molecular flexibility index (Phi) is 7.23. The number of fused-ring (bicyclic) bond motifs is 1. The van der Waals surface area contributed by atoms with E-state index in [4.69, 9.17) is 37.4 Å². The molecule has 0 fully saturated rings. The van der Waals surface area contributed by atoms with E-state index in [1.54, 1.807) is 36.4 Å². The van der Waals surface area contributed by atoms with Crippen LogP contribution in [0, 0.1) is 0 Å². The van der Waals surface area contributed by atoms with E-state index in [9.17, 15) is 9.59 Å². The fourth-order valence-corrected chi connectivity index (χ4v) is 3.55. The summed E-state index contributed by atoms with van der Waals surface area (Å²) in [6.07, 6.45) is 0.712. The molecule has 1 aliphatic heterocycles. The highest BCUT2D eigenvalue weighted by molar-refractivity contribution is 6.32. The number of rotatable bonds is 6. The van der Waals surface area contributed by atoms with E-state index in [1.165, 1.54) is 6.92 Å². The Morgan fingerprint density at radius 1 is 1.14 bits per heavy atom. The van der Waals surface area contributed by atoms with Crippen molar-refractivity contribution in [3.63, 3.8) is 0 Å². The number of hydrogen-bond acceptors (Lipinski definition) is 5. The molecule has 1 heterocycles. The summed E-state index contributed by atoms with van der Waals surface area (Å²) >= 11 is 12.5. The van der Waals surface area contributed by atoms with Gasteiger partial charge in [0.05, 0.1) is 30.7 Å². The topological polar surface area (TPSA) is 73.9 Å². The van der Waals surface area contributed by atoms with Gasteiger partial charge < -0.3 is 19.5 Å². The third-order valence-electron chi connectivity index (χ3n) is 4.29. The average Bonchev–Trinajstić information content (AvgIpc) is 2.92. The van der Waals surface area contributed by atoms with Crippen LogP contribution in [0.4, 0.5) is 0 Å². The first kappa shape index (κ1) is 21.3. The maximum Gasteiger partial charge on any atom is 0.308 e. The lowest BCUT2D eigenvalue weighted by Crippen LogP contribution is -2.28. The summed E-state index contributed by atoms with van der Waals surface area (Å²) in [6.45, 7) is 2.47. The molecule has 3 rings (SSSR count). The lowest BCUT2D eigenvalue weighted by atomic mass is 10.0. The van der Waals surface area contributed by atoms with Crippen LogP contribution in [0.2, 0.25) is 10.0 Å². The van der Waals surface area contributed by atoms with Gasteiger partial charge in [0.25, 0.3) is 0 Å². The molecular weight excluding hydrogens is 417 g/mol. The molecule has 2 aromatic rings. The second-order valence-electron chi connectivity index (χ2n) is 6.59. The lowest BCUT2D eigenvalue weighted by molar-refractivity contribution is -0.145. The molecule has 6 nitrogen and oxygen atoms in total. The Hall–Kier alpha value is -2.44. The second kappa shape index (κ2) is 9.85. The minimum atomic E-state index is -0.582. The van der Waals surface area contributed by atoms with Crippen molar-refractivity contribution in [3.8, 4) is 11.5 Å². The molecule has 1 amide bonds. The predicted octanol–water partition coefficient (Wildman–Crippen LogP) is 4.47. The first-order chi connectivity index (χ1) is 13.9. The van der Waals surface area contributed by atoms with Crippen molar-refractivity contribution in [1.82, 2.24) is 5.32 Å². The summed E-state index contributed by atoms with van der Waals surface area (Å²) in [6, 6.07) is 9.89. The van der Waals surface area contributed by atoms with Crippen LogP contribution in [0.3, 0.4) is 0 Å². The molecule has 0 saturated heterocycles. The number of esters is 1. The van der Waals surface area contributed by atoms with Gasteiger partial charge in [-0.2, -0.15) is 0 Å². The van der Waals surface area contributed by atoms with Crippen LogP contribution in [-0.4, -0.2) is 25.1 Å². The maximum atomic E-state index is 12.4. The number of carbonyl (C=O) groups is 2. The standard InChI is InChI=1S/C21H21Cl2NO5/c1-13(25)24-18(15-5-2-3-6-16(15)22)11-20(26)29-12-14-9-17(23)21-19(10-14)27-7-4-8-28-21/h2-3,5-6,9-10,18H,4,7-8,11-12H2,1H3,(H,24,25)/t18-/m1/s1. The van der Waals surface area contributed by atoms with Crippen molar-refractivity contribution in [2.24, 2.45) is 0 Å². The van der Waals surface area contributed by atoms with Crippen LogP contribution in [0.25, 0.3) is 0 Å². The molecule has 0 bridgehead atoms. The van der Waals surface area contributed by atoms with Gasteiger partial charge in [0, 0.05) is 18.4 Å². The third kappa shape index (κ3) is 5.78. The molecule has 0 spiro atoms. The number of carbonyl (C=O) groups excluding carboxylic acids is 2. The molecule has 0 radical (unpaired) electrons. The van der Waals surface area contributed by atoms with Crippen LogP contribution < -0.4 is 14.8 Å². The average molecular weight is 438 g/mol. The van der Waals surface area contributed by atoms with Gasteiger partial charge in [-0.3, -0.25) is 9.59 Å². The van der Waals surface area contributed by atoms with Crippen molar-refractivity contribution in [3.05, 3.63) is 57.6 Å². The lowest BCUT2D eigenvalue weighted by Gasteiger charge is -2.19. The van der Waals surface area contributed by atoms with E-state index in [0.29, 0.717) is 45.9 Å². The number of ether oxygens (including phenoxy) is 3. The molecule has 0 saturated carbocycles. The van der Waals surface area contributed by atoms with Gasteiger partial charge in [0.2, 0.25) is 5.91 Å². The minimum Gasteiger partial charge on any atom is -0.489 e. The Balaban J connectivity index is 1.66. The Bertz CT molecular complexity index is 903. The van der Waals surface area contributed by atoms with Crippen LogP contribution in [0.5, 0.6) is 11.5 Å². The Morgan fingerprint density at radius 3 is 2.66 bits per heavy atom. The smallest absolute Gasteiger partial charge is 0.308 e. The second-order valence-corrected chi connectivity index (χ2v) is 7.41. The SMILES string of the molecule is CC(=O)N[C@H](CC(=O)OCc1cc(Cl)c2c(c1)OCCCO2)c1ccccc1Cl. The number of benzene rings is 2. The third-order valence-corrected chi connectivity index (χ3v) is 4.92. The summed E-state index contributed by atoms with van der Waals surface area (Å²) in [4.78, 5) is 24.0. The summed E-state index contributed by atoms with van der Waals surface area (Å²) in [5, 5.41) is 3.61. The normalized spacial score (nSPS) is 13.9. The highest BCUT2D eigenvalue weighted by Gasteiger charge is 2.21. The van der Waals surface area contributed by atoms with E-state index in [0.717, 1.165) is 6.42 Å². The summed E-state index contributed by atoms with van der Waals surface area (Å²) < 4.78 is 16.6. The minimum absolute atomic E-state index is 0.0184. The van der Waals surface area contributed by atoms with Gasteiger partial charge in [-0.15, -0.1) is 0 Å². The van der Waals surface area contributed by atoms with Crippen molar-refractivity contribution in [1.29, 1.82) is 0 Å². The van der Waals surface area contributed by atoms with Crippen molar-refractivity contribution in [2.75, 3.05) is 13.2 Å². The fourth-order valence-electron chi connectivity index (χ4n) is 3.00. The Labute approximate surface area is 179 Å². The van der Waals surface area contributed by atoms with Gasteiger partial charge in [-0.25, -0.2) is 0 Å². The quantitative estimate of drug-likeness (QED) is 0.674. The summed E-state index contributed by atoms with van der Waals surface area (Å²) in [5.41, 5.74) is 1.33. The highest BCUT2D eigenvalue weighted by Crippen LogP contribution is 2.38. The number of halogens is 2. The first-order valence-electron chi connectivity index (χ1n) is 9.19. The van der Waals surface area contributed by atoms with Gasteiger partial charge in [-0.05, 0) is 29.3 Å². The van der Waals surface area contributed by atoms with Crippen LogP contribution in [0.15, 0.2) is 36.4 Å². The van der Waals surface area contributed by atoms with Gasteiger partial charge in [-0.1, -0.05) is 41.4 Å². The molecule has 0 aromatic heterocycles. The molecule has 1 atom stereocenters. The molecule has 1 aliphatic rings. The van der Waals surface area contributed by atoms with E-state index in [1.807, 2.05) is 0 Å². The molecule has 8 heteroatoms. The molecule has 1 N–H and O–H groups in total. The first-order valence-corrected chi connectivity index (χ1v) is 9.95. The molecule has 2 aromatic carbocycles. The van der Waals surface area contributed by atoms with Gasteiger partial charge >= 0.3 is 5.97 Å². The zero-order chi connectivity index (χ0) is 20.8. The van der Waals surface area contributed by atoms with Crippen molar-refractivity contribution >= 4 is 35.1 Å². The van der Waals surface area contributed by atoms with Gasteiger partial charge in [0.1, 0.15) is 6.61 Å². The van der Waals surface area contributed by atoms with Gasteiger partial charge in [0.15, 0.2) is 11.5 Å². The van der Waals surface area contributed by atoms with Crippen LogP contribution in [0.1, 0.15) is 36.9 Å². The molecule has 0 aliphatic carbocycles. The zero-order valence-corrected chi connectivity index (χ0v) is 17.4. The molecule has 0 unspecified atom stereocenters. The van der Waals surface area contributed by atoms with Crippen molar-refractivity contribution < 1.29 is 23.8 Å². The molecular formula is C21H21Cl2NO5. The number of nitrogens with one attached hydrogen (secondary N) is 1. The van der Waals surface area contributed by atoms with E-state index in [2.05, 4.69) is 5.32 Å². The summed E-state index contributed by atoms with van der Waals surface area (Å²) in [7, 11) is 0. The van der Waals surface area contributed by atoms with Crippen molar-refractivity contribution in [2.45, 2.75) is 32.4 Å². The van der Waals surface area contributed by atoms with Crippen LogP contribution in [-0.2, 0) is 20.9 Å². The van der Waals surface area contributed by atoms with E-state index < -0.39 is 12.0 Å². The highest BCUT2D eigenvalue weighted by atomic mass is 35.5. The Morgan fingerprint density at radius 2 is 1.90 bits per heavy atom. The monoisotopic (exact) mass is 437 g/mol. The summed E-state index contributed by atoms with van der Waals surface area (Å²) in [5.74, 6) is 0.293. The van der Waals surface area contributed by atoms with E-state index in [-0.39, 0.29) is 18.9 Å². The fraction of sp³-hybridized carbons (Fsp3) is 0.333. The molecule has 154 valence electrons. The molecule has 29 heavy (non-hydrogen) atoms.